The number of carbonyl (C=O) groups is 2. The molecule has 1 N–H and O–H groups in total. The Hall–Kier alpha value is -3.51. The molecule has 0 saturated heterocycles. The lowest BCUT2D eigenvalue weighted by Crippen LogP contribution is -2.53. The molecule has 1 aliphatic rings. The van der Waals surface area contributed by atoms with Crippen LogP contribution in [0, 0.1) is 6.92 Å². The van der Waals surface area contributed by atoms with E-state index in [1.165, 1.54) is 0 Å². The zero-order chi connectivity index (χ0) is 26.9. The molecule has 0 aliphatic heterocycles. The van der Waals surface area contributed by atoms with E-state index in [9.17, 15) is 9.59 Å². The van der Waals surface area contributed by atoms with E-state index >= 15 is 0 Å². The summed E-state index contributed by atoms with van der Waals surface area (Å²) in [7, 11) is 1.61. The minimum atomic E-state index is -0.702. The molecule has 1 aliphatic carbocycles. The van der Waals surface area contributed by atoms with E-state index in [1.807, 2.05) is 61.5 Å². The molecule has 2 amide bonds. The number of amides is 2. The Morgan fingerprint density at radius 3 is 2.42 bits per heavy atom. The van der Waals surface area contributed by atoms with Gasteiger partial charge in [-0.15, -0.1) is 0 Å². The molecule has 0 bridgehead atoms. The fourth-order valence-corrected chi connectivity index (χ4v) is 4.94. The van der Waals surface area contributed by atoms with Gasteiger partial charge >= 0.3 is 0 Å². The number of carbonyl (C=O) groups excluding carboxylic acids is 2. The van der Waals surface area contributed by atoms with Gasteiger partial charge in [0.25, 0.3) is 5.91 Å². The van der Waals surface area contributed by atoms with Crippen LogP contribution in [-0.2, 0) is 22.6 Å². The number of hydrogen-bond donors (Lipinski definition) is 1. The maximum atomic E-state index is 13.8. The van der Waals surface area contributed by atoms with Crippen LogP contribution in [0.3, 0.4) is 0 Å². The number of ether oxygens (including phenoxy) is 2. The summed E-state index contributed by atoms with van der Waals surface area (Å²) in [5.41, 5.74) is 2.71. The van der Waals surface area contributed by atoms with E-state index in [1.54, 1.807) is 30.2 Å². The highest BCUT2D eigenvalue weighted by Gasteiger charge is 2.32. The van der Waals surface area contributed by atoms with Gasteiger partial charge in [0.15, 0.2) is 6.61 Å². The van der Waals surface area contributed by atoms with Crippen molar-refractivity contribution in [3.63, 3.8) is 0 Å². The topological polar surface area (TPSA) is 67.9 Å². The summed E-state index contributed by atoms with van der Waals surface area (Å²) in [4.78, 5) is 29.1. The zero-order valence-corrected chi connectivity index (χ0v) is 22.7. The standard InChI is InChI=1S/C31H35ClN2O4/c1-22-17-27(15-16-28(22)32)38-21-30(35)34(20-24-11-8-14-26(18-24)37-2)29(19-23-9-4-3-5-10-23)31(36)33-25-12-6-7-13-25/h3-5,8-11,14-18,25,29H,6-7,12-13,19-21H2,1-2H3,(H,33,36)/t29-/m0/s1. The van der Waals surface area contributed by atoms with Crippen molar-refractivity contribution in [3.05, 3.63) is 94.5 Å². The third-order valence-electron chi connectivity index (χ3n) is 6.95. The maximum absolute atomic E-state index is 13.8. The Kier molecular flexibility index (Phi) is 9.66. The van der Waals surface area contributed by atoms with Crippen molar-refractivity contribution in [2.75, 3.05) is 13.7 Å². The van der Waals surface area contributed by atoms with Gasteiger partial charge in [-0.05, 0) is 66.8 Å². The van der Waals surface area contributed by atoms with Crippen LogP contribution in [0.15, 0.2) is 72.8 Å². The van der Waals surface area contributed by atoms with Gasteiger partial charge in [0.2, 0.25) is 5.91 Å². The highest BCUT2D eigenvalue weighted by molar-refractivity contribution is 6.31. The second-order valence-corrected chi connectivity index (χ2v) is 10.2. The Balaban J connectivity index is 1.62. The lowest BCUT2D eigenvalue weighted by molar-refractivity contribution is -0.143. The molecule has 0 aromatic heterocycles. The average molecular weight is 535 g/mol. The number of hydrogen-bond acceptors (Lipinski definition) is 4. The van der Waals surface area contributed by atoms with Crippen molar-refractivity contribution in [2.45, 2.75) is 57.7 Å². The molecule has 0 unspecified atom stereocenters. The molecule has 1 saturated carbocycles. The van der Waals surface area contributed by atoms with E-state index in [2.05, 4.69) is 5.32 Å². The van der Waals surface area contributed by atoms with Crippen LogP contribution in [0.4, 0.5) is 0 Å². The first-order valence-electron chi connectivity index (χ1n) is 13.1. The second-order valence-electron chi connectivity index (χ2n) is 9.77. The van der Waals surface area contributed by atoms with Crippen molar-refractivity contribution in [2.24, 2.45) is 0 Å². The van der Waals surface area contributed by atoms with Crippen molar-refractivity contribution in [3.8, 4) is 11.5 Å². The normalized spacial score (nSPS) is 14.1. The van der Waals surface area contributed by atoms with Crippen LogP contribution >= 0.6 is 11.6 Å². The molecule has 38 heavy (non-hydrogen) atoms. The summed E-state index contributed by atoms with van der Waals surface area (Å²) < 4.78 is 11.3. The molecule has 7 heteroatoms. The summed E-state index contributed by atoms with van der Waals surface area (Å²) >= 11 is 6.15. The molecule has 6 nitrogen and oxygen atoms in total. The van der Waals surface area contributed by atoms with Crippen LogP contribution in [0.5, 0.6) is 11.5 Å². The van der Waals surface area contributed by atoms with Gasteiger partial charge in [-0.1, -0.05) is 66.9 Å². The van der Waals surface area contributed by atoms with Crippen LogP contribution < -0.4 is 14.8 Å². The van der Waals surface area contributed by atoms with Crippen molar-refractivity contribution in [1.29, 1.82) is 0 Å². The minimum absolute atomic E-state index is 0.140. The van der Waals surface area contributed by atoms with Gasteiger partial charge in [-0.2, -0.15) is 0 Å². The van der Waals surface area contributed by atoms with Gasteiger partial charge in [0, 0.05) is 24.0 Å². The Bertz CT molecular complexity index is 1230. The zero-order valence-electron chi connectivity index (χ0n) is 22.0. The number of rotatable bonds is 11. The van der Waals surface area contributed by atoms with Crippen LogP contribution in [0.2, 0.25) is 5.02 Å². The first-order chi connectivity index (χ1) is 18.4. The van der Waals surface area contributed by atoms with Crippen LogP contribution in [-0.4, -0.2) is 42.5 Å². The molecule has 3 aromatic carbocycles. The quantitative estimate of drug-likeness (QED) is 0.341. The van der Waals surface area contributed by atoms with Gasteiger partial charge in [0.05, 0.1) is 7.11 Å². The van der Waals surface area contributed by atoms with Crippen LogP contribution in [0.25, 0.3) is 0 Å². The highest BCUT2D eigenvalue weighted by Crippen LogP contribution is 2.23. The summed E-state index contributed by atoms with van der Waals surface area (Å²) in [6.45, 7) is 1.93. The molecule has 0 radical (unpaired) electrons. The Morgan fingerprint density at radius 2 is 1.71 bits per heavy atom. The smallest absolute Gasteiger partial charge is 0.261 e. The number of halogens is 1. The second kappa shape index (κ2) is 13.3. The Morgan fingerprint density at radius 1 is 0.974 bits per heavy atom. The number of nitrogens with one attached hydrogen (secondary N) is 1. The predicted octanol–water partition coefficient (Wildman–Crippen LogP) is 5.73. The molecule has 200 valence electrons. The molecule has 4 rings (SSSR count). The van der Waals surface area contributed by atoms with E-state index in [4.69, 9.17) is 21.1 Å². The Labute approximate surface area is 229 Å². The number of aryl methyl sites for hydroxylation is 1. The number of nitrogens with zero attached hydrogens (tertiary/aromatic N) is 1. The largest absolute Gasteiger partial charge is 0.497 e. The maximum Gasteiger partial charge on any atom is 0.261 e. The van der Waals surface area contributed by atoms with Gasteiger partial charge < -0.3 is 19.7 Å². The summed E-state index contributed by atoms with van der Waals surface area (Å²) in [6, 6.07) is 22.1. The third-order valence-corrected chi connectivity index (χ3v) is 7.38. The predicted molar refractivity (Wildman–Crippen MR) is 150 cm³/mol. The number of methoxy groups -OCH3 is 1. The summed E-state index contributed by atoms with van der Waals surface area (Å²) in [5.74, 6) is 0.830. The lowest BCUT2D eigenvalue weighted by Gasteiger charge is -2.32. The van der Waals surface area contributed by atoms with Crippen LogP contribution in [0.1, 0.15) is 42.4 Å². The first kappa shape index (κ1) is 27.5. The van der Waals surface area contributed by atoms with Crippen molar-refractivity contribution in [1.82, 2.24) is 10.2 Å². The van der Waals surface area contributed by atoms with E-state index in [-0.39, 0.29) is 31.0 Å². The molecular weight excluding hydrogens is 500 g/mol. The molecular formula is C31H35ClN2O4. The number of benzene rings is 3. The van der Waals surface area contributed by atoms with E-state index in [0.29, 0.717) is 22.9 Å². The SMILES string of the molecule is COc1cccc(CN(C(=O)COc2ccc(Cl)c(C)c2)[C@@H](Cc2ccccc2)C(=O)NC2CCCC2)c1. The monoisotopic (exact) mass is 534 g/mol. The molecule has 0 spiro atoms. The van der Waals surface area contributed by atoms with E-state index in [0.717, 1.165) is 42.4 Å². The van der Waals surface area contributed by atoms with Crippen molar-refractivity contribution >= 4 is 23.4 Å². The van der Waals surface area contributed by atoms with Gasteiger partial charge in [-0.25, -0.2) is 0 Å². The fraction of sp³-hybridized carbons (Fsp3) is 0.355. The highest BCUT2D eigenvalue weighted by atomic mass is 35.5. The molecule has 3 aromatic rings. The average Bonchev–Trinajstić information content (AvgIpc) is 3.44. The van der Waals surface area contributed by atoms with Gasteiger partial charge in [-0.3, -0.25) is 9.59 Å². The first-order valence-corrected chi connectivity index (χ1v) is 13.5. The van der Waals surface area contributed by atoms with Crippen molar-refractivity contribution < 1.29 is 19.1 Å². The molecule has 1 fully saturated rings. The fourth-order valence-electron chi connectivity index (χ4n) is 4.82. The lowest BCUT2D eigenvalue weighted by atomic mass is 10.0. The summed E-state index contributed by atoms with van der Waals surface area (Å²) in [5, 5.41) is 3.85. The third kappa shape index (κ3) is 7.51. The summed E-state index contributed by atoms with van der Waals surface area (Å²) in [6.07, 6.45) is 4.54. The molecule has 1 atom stereocenters. The van der Waals surface area contributed by atoms with Gasteiger partial charge in [0.1, 0.15) is 17.5 Å². The van der Waals surface area contributed by atoms with E-state index < -0.39 is 6.04 Å². The molecule has 0 heterocycles. The minimum Gasteiger partial charge on any atom is -0.497 e.